The first-order valence-electron chi connectivity index (χ1n) is 4.48. The predicted molar refractivity (Wildman–Crippen MR) is 48.5 cm³/mol. The summed E-state index contributed by atoms with van der Waals surface area (Å²) in [6.45, 7) is -1.12. The zero-order valence-corrected chi connectivity index (χ0v) is 8.82. The van der Waals surface area contributed by atoms with Crippen LogP contribution in [0.25, 0.3) is 0 Å². The lowest BCUT2D eigenvalue weighted by molar-refractivity contribution is -0.389. The van der Waals surface area contributed by atoms with Crippen LogP contribution in [-0.4, -0.2) is 21.4 Å². The highest BCUT2D eigenvalue weighted by Gasteiger charge is 2.39. The fourth-order valence-corrected chi connectivity index (χ4v) is 1.24. The Balaban J connectivity index is 3.53. The molecular weight excluding hydrogens is 283 g/mol. The number of nitrogens with zero attached hydrogens (tertiary/aromatic N) is 2. The quantitative estimate of drug-likeness (QED) is 0.522. The number of rotatable bonds is 4. The van der Waals surface area contributed by atoms with Crippen LogP contribution in [0.4, 0.5) is 27.6 Å². The van der Waals surface area contributed by atoms with E-state index < -0.39 is 47.0 Å². The minimum absolute atomic E-state index is 0.304. The molecule has 106 valence electrons. The number of aromatic nitrogens is 1. The molecule has 0 aliphatic heterocycles. The number of halogens is 5. The Kier molecular flexibility index (Phi) is 4.19. The van der Waals surface area contributed by atoms with Crippen molar-refractivity contribution < 1.29 is 36.7 Å². The van der Waals surface area contributed by atoms with E-state index in [2.05, 4.69) is 9.72 Å². The summed E-state index contributed by atoms with van der Waals surface area (Å²) in [5.41, 5.74) is -3.67. The molecule has 11 heteroatoms. The van der Waals surface area contributed by atoms with E-state index in [1.807, 2.05) is 0 Å². The Bertz CT molecular complexity index is 491. The molecule has 0 radical (unpaired) electrons. The first-order chi connectivity index (χ1) is 8.67. The van der Waals surface area contributed by atoms with Gasteiger partial charge in [0.15, 0.2) is 0 Å². The number of hydrogen-bond acceptors (Lipinski definition) is 5. The van der Waals surface area contributed by atoms with Gasteiger partial charge in [0.25, 0.3) is 6.43 Å². The van der Waals surface area contributed by atoms with Crippen LogP contribution in [0.2, 0.25) is 0 Å². The van der Waals surface area contributed by atoms with Gasteiger partial charge >= 0.3 is 12.0 Å². The highest BCUT2D eigenvalue weighted by atomic mass is 19.4. The molecule has 1 N–H and O–H groups in total. The Hall–Kier alpha value is -2.04. The molecule has 1 rings (SSSR count). The fourth-order valence-electron chi connectivity index (χ4n) is 1.24. The van der Waals surface area contributed by atoms with Crippen molar-refractivity contribution in [2.24, 2.45) is 0 Å². The number of aliphatic hydroxyl groups is 1. The third kappa shape index (κ3) is 3.47. The van der Waals surface area contributed by atoms with Crippen LogP contribution >= 0.6 is 0 Å². The average molecular weight is 288 g/mol. The van der Waals surface area contributed by atoms with E-state index in [-0.39, 0.29) is 0 Å². The first-order valence-corrected chi connectivity index (χ1v) is 4.48. The zero-order valence-electron chi connectivity index (χ0n) is 8.82. The number of ether oxygens (including phenoxy) is 1. The second-order valence-corrected chi connectivity index (χ2v) is 3.10. The topological polar surface area (TPSA) is 85.5 Å². The molecule has 6 nitrogen and oxygen atoms in total. The highest BCUT2D eigenvalue weighted by molar-refractivity contribution is 5.52. The number of pyridine rings is 1. The number of hydrogen-bond donors (Lipinski definition) is 1. The molecule has 0 aromatic carbocycles. The van der Waals surface area contributed by atoms with Gasteiger partial charge in [-0.05, 0) is 0 Å². The fraction of sp³-hybridized carbons (Fsp3) is 0.375. The van der Waals surface area contributed by atoms with E-state index in [0.717, 1.165) is 0 Å². The summed E-state index contributed by atoms with van der Waals surface area (Å²) in [5.74, 6) is -1.67. The molecule has 0 amide bonds. The lowest BCUT2D eigenvalue weighted by Crippen LogP contribution is -2.20. The van der Waals surface area contributed by atoms with E-state index in [9.17, 15) is 32.1 Å². The van der Waals surface area contributed by atoms with Crippen LogP contribution in [0.15, 0.2) is 6.20 Å². The van der Waals surface area contributed by atoms with Crippen molar-refractivity contribution in [2.45, 2.75) is 19.4 Å². The van der Waals surface area contributed by atoms with Crippen LogP contribution in [0.5, 0.6) is 5.75 Å². The lowest BCUT2D eigenvalue weighted by atomic mass is 10.1. The largest absolute Gasteiger partial charge is 0.573 e. The van der Waals surface area contributed by atoms with E-state index >= 15 is 0 Å². The smallest absolute Gasteiger partial charge is 0.398 e. The SMILES string of the molecule is O=[N+]([O-])c1cnc(CO)c(C(F)F)c1OC(F)(F)F. The number of aliphatic hydroxyl groups excluding tert-OH is 1. The van der Waals surface area contributed by atoms with Gasteiger partial charge in [-0.25, -0.2) is 8.78 Å². The molecule has 0 fully saturated rings. The first kappa shape index (κ1) is 15.0. The standard InChI is InChI=1S/C8H5F5N2O4/c9-7(10)5-3(2-16)14-1-4(15(17)18)6(5)19-8(11,12)13/h1,7,16H,2H2. The maximum Gasteiger partial charge on any atom is 0.573 e. The summed E-state index contributed by atoms with van der Waals surface area (Å²) in [7, 11) is 0. The third-order valence-electron chi connectivity index (χ3n) is 1.91. The van der Waals surface area contributed by atoms with Crippen molar-refractivity contribution in [3.05, 3.63) is 27.6 Å². The number of alkyl halides is 5. The van der Waals surface area contributed by atoms with Gasteiger partial charge in [0.05, 0.1) is 22.8 Å². The van der Waals surface area contributed by atoms with Gasteiger partial charge in [-0.3, -0.25) is 15.1 Å². The molecule has 0 spiro atoms. The van der Waals surface area contributed by atoms with Crippen molar-refractivity contribution in [2.75, 3.05) is 0 Å². The molecule has 1 heterocycles. The zero-order chi connectivity index (χ0) is 14.8. The number of nitro groups is 1. The van der Waals surface area contributed by atoms with Gasteiger partial charge in [0.1, 0.15) is 6.20 Å². The van der Waals surface area contributed by atoms with Gasteiger partial charge in [0.2, 0.25) is 5.75 Å². The molecule has 0 aliphatic rings. The summed E-state index contributed by atoms with van der Waals surface area (Å²) in [6.07, 6.45) is -8.63. The molecular formula is C8H5F5N2O4. The van der Waals surface area contributed by atoms with E-state index in [1.165, 1.54) is 0 Å². The van der Waals surface area contributed by atoms with Crippen molar-refractivity contribution >= 4 is 5.69 Å². The minimum atomic E-state index is -5.40. The Morgan fingerprint density at radius 1 is 1.47 bits per heavy atom. The monoisotopic (exact) mass is 288 g/mol. The van der Waals surface area contributed by atoms with E-state index in [0.29, 0.717) is 6.20 Å². The Labute approximate surface area is 101 Å². The lowest BCUT2D eigenvalue weighted by Gasteiger charge is -2.14. The van der Waals surface area contributed by atoms with E-state index in [1.54, 1.807) is 0 Å². The second kappa shape index (κ2) is 5.30. The van der Waals surface area contributed by atoms with Crippen LogP contribution in [-0.2, 0) is 6.61 Å². The highest BCUT2D eigenvalue weighted by Crippen LogP contribution is 2.40. The molecule has 0 atom stereocenters. The summed E-state index contributed by atoms with van der Waals surface area (Å²) in [5, 5.41) is 19.2. The van der Waals surface area contributed by atoms with Crippen molar-refractivity contribution in [1.82, 2.24) is 4.98 Å². The maximum atomic E-state index is 12.7. The molecule has 1 aromatic rings. The second-order valence-electron chi connectivity index (χ2n) is 3.10. The molecule has 0 unspecified atom stereocenters. The summed E-state index contributed by atoms with van der Waals surface area (Å²) in [6, 6.07) is 0. The van der Waals surface area contributed by atoms with Crippen LogP contribution in [0.1, 0.15) is 17.7 Å². The Morgan fingerprint density at radius 2 is 2.05 bits per heavy atom. The molecule has 0 aliphatic carbocycles. The van der Waals surface area contributed by atoms with Gasteiger partial charge in [-0.1, -0.05) is 0 Å². The van der Waals surface area contributed by atoms with E-state index in [4.69, 9.17) is 5.11 Å². The third-order valence-corrected chi connectivity index (χ3v) is 1.91. The summed E-state index contributed by atoms with van der Waals surface area (Å²) >= 11 is 0. The van der Waals surface area contributed by atoms with Crippen molar-refractivity contribution in [3.63, 3.8) is 0 Å². The summed E-state index contributed by atoms with van der Waals surface area (Å²) in [4.78, 5) is 12.3. The van der Waals surface area contributed by atoms with Crippen LogP contribution in [0, 0.1) is 10.1 Å². The van der Waals surface area contributed by atoms with Crippen molar-refractivity contribution in [3.8, 4) is 5.75 Å². The molecule has 19 heavy (non-hydrogen) atoms. The predicted octanol–water partition coefficient (Wildman–Crippen LogP) is 2.32. The van der Waals surface area contributed by atoms with Crippen LogP contribution < -0.4 is 4.74 Å². The van der Waals surface area contributed by atoms with Crippen LogP contribution in [0.3, 0.4) is 0 Å². The molecule has 0 saturated carbocycles. The van der Waals surface area contributed by atoms with Gasteiger partial charge in [-0.15, -0.1) is 13.2 Å². The molecule has 0 bridgehead atoms. The average Bonchev–Trinajstić information content (AvgIpc) is 2.25. The minimum Gasteiger partial charge on any atom is -0.398 e. The van der Waals surface area contributed by atoms with Gasteiger partial charge < -0.3 is 9.84 Å². The molecule has 1 aromatic heterocycles. The van der Waals surface area contributed by atoms with Crippen molar-refractivity contribution in [1.29, 1.82) is 0 Å². The summed E-state index contributed by atoms with van der Waals surface area (Å²) < 4.78 is 64.9. The Morgan fingerprint density at radius 3 is 2.42 bits per heavy atom. The van der Waals surface area contributed by atoms with Gasteiger partial charge in [-0.2, -0.15) is 0 Å². The maximum absolute atomic E-state index is 12.7. The molecule has 0 saturated heterocycles. The normalized spacial score (nSPS) is 11.7. The van der Waals surface area contributed by atoms with Gasteiger partial charge in [0, 0.05) is 0 Å².